The van der Waals surface area contributed by atoms with Crippen LogP contribution in [0, 0.1) is 24.4 Å². The van der Waals surface area contributed by atoms with Gasteiger partial charge in [-0.05, 0) is 32.9 Å². The van der Waals surface area contributed by atoms with Crippen LogP contribution in [0.4, 0.5) is 24.8 Å². The Morgan fingerprint density at radius 2 is 1.88 bits per heavy atom. The maximum atomic E-state index is 14.3. The lowest BCUT2D eigenvalue weighted by atomic mass is 9.87. The second-order valence-electron chi connectivity index (χ2n) is 8.13. The summed E-state index contributed by atoms with van der Waals surface area (Å²) in [6, 6.07) is 1.63. The van der Waals surface area contributed by atoms with E-state index in [0.29, 0.717) is 27.7 Å². The van der Waals surface area contributed by atoms with Crippen molar-refractivity contribution in [3.05, 3.63) is 57.6 Å². The number of imidazole rings is 1. The van der Waals surface area contributed by atoms with Gasteiger partial charge in [-0.1, -0.05) is 0 Å². The molecular formula is C21H17F3N6OS. The zero-order chi connectivity index (χ0) is 22.9. The molecule has 0 fully saturated rings. The number of fused-ring (bicyclic) bond motifs is 2. The quantitative estimate of drug-likeness (QED) is 0.453. The summed E-state index contributed by atoms with van der Waals surface area (Å²) < 4.78 is 44.0. The zero-order valence-corrected chi connectivity index (χ0v) is 18.1. The molecule has 4 heterocycles. The van der Waals surface area contributed by atoms with Crippen molar-refractivity contribution in [3.8, 4) is 11.5 Å². The van der Waals surface area contributed by atoms with Crippen molar-refractivity contribution in [2.75, 3.05) is 11.1 Å². The minimum atomic E-state index is -1.25. The molecule has 1 aliphatic heterocycles. The van der Waals surface area contributed by atoms with E-state index in [1.165, 1.54) is 11.3 Å². The van der Waals surface area contributed by atoms with E-state index in [2.05, 4.69) is 20.3 Å². The topological polar surface area (TPSA) is 98.2 Å². The summed E-state index contributed by atoms with van der Waals surface area (Å²) in [5.41, 5.74) is 6.51. The number of nitrogen functional groups attached to an aromatic ring is 1. The van der Waals surface area contributed by atoms with Gasteiger partial charge in [-0.2, -0.15) is 0 Å². The van der Waals surface area contributed by atoms with Crippen molar-refractivity contribution in [2.45, 2.75) is 32.6 Å². The van der Waals surface area contributed by atoms with Gasteiger partial charge in [0.25, 0.3) is 0 Å². The van der Waals surface area contributed by atoms with Crippen LogP contribution in [0.5, 0.6) is 0 Å². The van der Waals surface area contributed by atoms with Crippen LogP contribution in [-0.2, 0) is 16.6 Å². The second-order valence-corrected chi connectivity index (χ2v) is 8.99. The van der Waals surface area contributed by atoms with Crippen LogP contribution < -0.4 is 11.1 Å². The summed E-state index contributed by atoms with van der Waals surface area (Å²) in [5, 5.41) is 4.57. The van der Waals surface area contributed by atoms with Crippen LogP contribution in [0.25, 0.3) is 16.3 Å². The summed E-state index contributed by atoms with van der Waals surface area (Å²) in [5.74, 6) is -2.58. The van der Waals surface area contributed by atoms with Gasteiger partial charge in [0.15, 0.2) is 17.5 Å². The van der Waals surface area contributed by atoms with E-state index in [9.17, 15) is 18.0 Å². The SMILES string of the molecule is Cc1csc2c(-c3nc(N)c4c(n3)NC(=O)C4(C)C)nc(Cc3c(F)ccc(F)c3F)n12. The number of nitrogens with two attached hydrogens (primary N) is 1. The Hall–Kier alpha value is -3.47. The van der Waals surface area contributed by atoms with Crippen LogP contribution in [0.3, 0.4) is 0 Å². The number of rotatable bonds is 3. The molecule has 0 atom stereocenters. The Morgan fingerprint density at radius 3 is 2.62 bits per heavy atom. The van der Waals surface area contributed by atoms with Crippen molar-refractivity contribution in [3.63, 3.8) is 0 Å². The van der Waals surface area contributed by atoms with Gasteiger partial charge in [0.05, 0.1) is 11.0 Å². The molecular weight excluding hydrogens is 441 g/mol. The predicted molar refractivity (Wildman–Crippen MR) is 114 cm³/mol. The van der Waals surface area contributed by atoms with Gasteiger partial charge in [-0.25, -0.2) is 28.1 Å². The molecule has 0 spiro atoms. The molecule has 1 aliphatic rings. The molecule has 32 heavy (non-hydrogen) atoms. The van der Waals surface area contributed by atoms with Crippen molar-refractivity contribution >= 4 is 33.7 Å². The minimum Gasteiger partial charge on any atom is -0.383 e. The average molecular weight is 458 g/mol. The molecule has 0 bridgehead atoms. The van der Waals surface area contributed by atoms with E-state index < -0.39 is 28.4 Å². The molecule has 0 aliphatic carbocycles. The molecule has 0 unspecified atom stereocenters. The van der Waals surface area contributed by atoms with Crippen LogP contribution in [0.1, 0.15) is 36.5 Å². The Morgan fingerprint density at radius 1 is 1.16 bits per heavy atom. The van der Waals surface area contributed by atoms with Crippen LogP contribution in [0.15, 0.2) is 17.5 Å². The lowest BCUT2D eigenvalue weighted by Gasteiger charge is -2.15. The fourth-order valence-corrected chi connectivity index (χ4v) is 4.93. The number of carbonyl (C=O) groups is 1. The average Bonchev–Trinajstić information content (AvgIpc) is 3.35. The smallest absolute Gasteiger partial charge is 0.235 e. The van der Waals surface area contributed by atoms with E-state index in [-0.39, 0.29) is 24.0 Å². The van der Waals surface area contributed by atoms with Crippen molar-refractivity contribution in [2.24, 2.45) is 0 Å². The third-order valence-electron chi connectivity index (χ3n) is 5.65. The van der Waals surface area contributed by atoms with Gasteiger partial charge in [0.2, 0.25) is 5.91 Å². The Bertz CT molecular complexity index is 1440. The summed E-state index contributed by atoms with van der Waals surface area (Å²) in [4.78, 5) is 26.3. The number of nitrogens with zero attached hydrogens (tertiary/aromatic N) is 4. The van der Waals surface area contributed by atoms with Gasteiger partial charge in [-0.15, -0.1) is 11.3 Å². The molecule has 3 aromatic heterocycles. The number of nitrogens with one attached hydrogen (secondary N) is 1. The highest BCUT2D eigenvalue weighted by Crippen LogP contribution is 2.41. The molecule has 4 aromatic rings. The van der Waals surface area contributed by atoms with Gasteiger partial charge in [0.1, 0.15) is 33.8 Å². The van der Waals surface area contributed by atoms with E-state index in [4.69, 9.17) is 5.73 Å². The fraction of sp³-hybridized carbons (Fsp3) is 0.238. The Balaban J connectivity index is 1.68. The standard InChI is InChI=1S/C21H17F3N6OS/c1-8-7-32-19-15(18-27-16(25)13-17(28-18)29-20(31)21(13,2)3)26-12(30(8)19)6-9-10(22)4-5-11(23)14(9)24/h4-5,7H,6H2,1-3H3,(H3,25,27,28,29,31). The van der Waals surface area contributed by atoms with Crippen molar-refractivity contribution in [1.29, 1.82) is 0 Å². The minimum absolute atomic E-state index is 0.145. The van der Waals surface area contributed by atoms with E-state index >= 15 is 0 Å². The van der Waals surface area contributed by atoms with Crippen molar-refractivity contribution < 1.29 is 18.0 Å². The predicted octanol–water partition coefficient (Wildman–Crippen LogP) is 3.98. The third kappa shape index (κ3) is 2.80. The normalized spacial score (nSPS) is 14.8. The van der Waals surface area contributed by atoms with Crippen molar-refractivity contribution in [1.82, 2.24) is 19.4 Å². The summed E-state index contributed by atoms with van der Waals surface area (Å²) in [6.07, 6.45) is -0.279. The first-order valence-electron chi connectivity index (χ1n) is 9.67. The third-order valence-corrected chi connectivity index (χ3v) is 6.70. The van der Waals surface area contributed by atoms with E-state index in [1.807, 2.05) is 12.3 Å². The first-order chi connectivity index (χ1) is 15.1. The number of benzene rings is 1. The van der Waals surface area contributed by atoms with Gasteiger partial charge >= 0.3 is 0 Å². The Kier molecular flexibility index (Phi) is 4.32. The molecule has 7 nitrogen and oxygen atoms in total. The maximum Gasteiger partial charge on any atom is 0.235 e. The molecule has 3 N–H and O–H groups in total. The molecule has 164 valence electrons. The van der Waals surface area contributed by atoms with Gasteiger partial charge in [-0.3, -0.25) is 9.20 Å². The molecule has 0 radical (unpaired) electrons. The van der Waals surface area contributed by atoms with Crippen LogP contribution >= 0.6 is 11.3 Å². The maximum absolute atomic E-state index is 14.3. The van der Waals surface area contributed by atoms with Crippen LogP contribution in [-0.4, -0.2) is 25.3 Å². The molecule has 11 heteroatoms. The molecule has 0 saturated carbocycles. The number of amides is 1. The molecule has 5 rings (SSSR count). The van der Waals surface area contributed by atoms with Gasteiger partial charge < -0.3 is 11.1 Å². The largest absolute Gasteiger partial charge is 0.383 e. The summed E-state index contributed by atoms with van der Waals surface area (Å²) in [6.45, 7) is 5.27. The first-order valence-corrected chi connectivity index (χ1v) is 10.5. The number of halogens is 3. The van der Waals surface area contributed by atoms with E-state index in [1.54, 1.807) is 18.2 Å². The lowest BCUT2D eigenvalue weighted by molar-refractivity contribution is -0.119. The monoisotopic (exact) mass is 458 g/mol. The highest BCUT2D eigenvalue weighted by atomic mass is 32.1. The highest BCUT2D eigenvalue weighted by molar-refractivity contribution is 7.16. The summed E-state index contributed by atoms with van der Waals surface area (Å²) >= 11 is 1.35. The van der Waals surface area contributed by atoms with Gasteiger partial charge in [0, 0.05) is 23.1 Å². The number of carbonyl (C=O) groups excluding carboxylic acids is 1. The first kappa shape index (κ1) is 20.4. The van der Waals surface area contributed by atoms with Crippen LogP contribution in [0.2, 0.25) is 0 Å². The number of hydrogen-bond donors (Lipinski definition) is 2. The number of aromatic nitrogens is 4. The number of thiazole rings is 1. The number of aryl methyl sites for hydroxylation is 1. The molecule has 1 amide bonds. The van der Waals surface area contributed by atoms with E-state index in [0.717, 1.165) is 17.8 Å². The highest BCUT2D eigenvalue weighted by Gasteiger charge is 2.42. The lowest BCUT2D eigenvalue weighted by Crippen LogP contribution is -2.27. The zero-order valence-electron chi connectivity index (χ0n) is 17.3. The summed E-state index contributed by atoms with van der Waals surface area (Å²) in [7, 11) is 0. The number of hydrogen-bond acceptors (Lipinski definition) is 6. The molecule has 1 aromatic carbocycles. The second kappa shape index (κ2) is 6.76. The fourth-order valence-electron chi connectivity index (χ4n) is 3.94. The number of anilines is 2. The molecule has 0 saturated heterocycles. The Labute approximate surface area is 184 Å².